The lowest BCUT2D eigenvalue weighted by atomic mass is 10.3. The van der Waals surface area contributed by atoms with E-state index in [0.29, 0.717) is 12.3 Å². The van der Waals surface area contributed by atoms with Crippen molar-refractivity contribution in [3.63, 3.8) is 0 Å². The van der Waals surface area contributed by atoms with Crippen molar-refractivity contribution in [3.05, 3.63) is 5.89 Å². The highest BCUT2D eigenvalue weighted by atomic mass is 16.4. The summed E-state index contributed by atoms with van der Waals surface area (Å²) in [4.78, 5) is 21.9. The van der Waals surface area contributed by atoms with Crippen LogP contribution in [0.4, 0.5) is 6.01 Å². The molecule has 2 N–H and O–H groups in total. The van der Waals surface area contributed by atoms with Crippen molar-refractivity contribution in [3.8, 4) is 0 Å². The average Bonchev–Trinajstić information content (AvgIpc) is 2.86. The third-order valence-electron chi connectivity index (χ3n) is 2.20. The minimum absolute atomic E-state index is 0.00791. The molecule has 1 amide bonds. The first-order valence-corrected chi connectivity index (χ1v) is 4.41. The summed E-state index contributed by atoms with van der Waals surface area (Å²) in [5, 5.41) is 18.1. The van der Waals surface area contributed by atoms with E-state index >= 15 is 0 Å². The van der Waals surface area contributed by atoms with Gasteiger partial charge in [-0.15, -0.1) is 5.10 Å². The number of hydrogen-bond donors (Lipinski definition) is 2. The van der Waals surface area contributed by atoms with Gasteiger partial charge in [0.15, 0.2) is 0 Å². The fourth-order valence-electron chi connectivity index (χ4n) is 1.30. The Bertz CT molecular complexity index is 414. The normalized spacial score (nSPS) is 23.5. The second-order valence-corrected chi connectivity index (χ2v) is 3.40. The molecule has 1 heterocycles. The Hall–Kier alpha value is -1.92. The number of anilines is 1. The predicted molar refractivity (Wildman–Crippen MR) is 46.9 cm³/mol. The van der Waals surface area contributed by atoms with Crippen molar-refractivity contribution < 1.29 is 19.1 Å². The van der Waals surface area contributed by atoms with Gasteiger partial charge in [0.2, 0.25) is 11.8 Å². The molecule has 2 atom stereocenters. The molecule has 1 saturated carbocycles. The van der Waals surface area contributed by atoms with Gasteiger partial charge in [-0.2, -0.15) is 0 Å². The number of aromatic nitrogens is 2. The van der Waals surface area contributed by atoms with Crippen molar-refractivity contribution in [1.29, 1.82) is 0 Å². The molecule has 0 spiro atoms. The molecule has 7 heteroatoms. The highest BCUT2D eigenvalue weighted by Gasteiger charge is 2.48. The maximum absolute atomic E-state index is 11.4. The topological polar surface area (TPSA) is 105 Å². The standard InChI is InChI=1S/C8H9N3O4/c1-3-10-11-8(15-3)9-6(12)4-2-5(4)7(13)14/h4-5H,2H2,1H3,(H,13,14)(H,9,11,12). The minimum Gasteiger partial charge on any atom is -0.481 e. The number of aryl methyl sites for hydroxylation is 1. The van der Waals surface area contributed by atoms with E-state index in [-0.39, 0.29) is 11.9 Å². The van der Waals surface area contributed by atoms with Crippen LogP contribution in [0.15, 0.2) is 4.42 Å². The van der Waals surface area contributed by atoms with Crippen LogP contribution in [0.25, 0.3) is 0 Å². The van der Waals surface area contributed by atoms with E-state index in [1.54, 1.807) is 6.92 Å². The van der Waals surface area contributed by atoms with Gasteiger partial charge in [-0.1, -0.05) is 5.10 Å². The molecule has 7 nitrogen and oxygen atoms in total. The van der Waals surface area contributed by atoms with E-state index in [2.05, 4.69) is 15.5 Å². The average molecular weight is 211 g/mol. The maximum Gasteiger partial charge on any atom is 0.322 e. The molecular formula is C8H9N3O4. The summed E-state index contributed by atoms with van der Waals surface area (Å²) in [6.07, 6.45) is 0.369. The van der Waals surface area contributed by atoms with Gasteiger partial charge in [-0.05, 0) is 6.42 Å². The molecule has 1 aromatic heterocycles. The molecule has 2 unspecified atom stereocenters. The van der Waals surface area contributed by atoms with Gasteiger partial charge in [0.1, 0.15) is 0 Å². The van der Waals surface area contributed by atoms with Crippen LogP contribution in [-0.4, -0.2) is 27.2 Å². The van der Waals surface area contributed by atoms with E-state index in [4.69, 9.17) is 9.52 Å². The van der Waals surface area contributed by atoms with Crippen molar-refractivity contribution in [1.82, 2.24) is 10.2 Å². The Labute approximate surface area is 84.5 Å². The third kappa shape index (κ3) is 1.95. The van der Waals surface area contributed by atoms with Crippen LogP contribution in [-0.2, 0) is 9.59 Å². The fraction of sp³-hybridized carbons (Fsp3) is 0.500. The number of hydrogen-bond acceptors (Lipinski definition) is 5. The van der Waals surface area contributed by atoms with Crippen LogP contribution in [0.3, 0.4) is 0 Å². The summed E-state index contributed by atoms with van der Waals surface area (Å²) in [6.45, 7) is 1.60. The first-order chi connectivity index (χ1) is 7.08. The van der Waals surface area contributed by atoms with Crippen LogP contribution < -0.4 is 5.32 Å². The number of carbonyl (C=O) groups excluding carboxylic acids is 1. The van der Waals surface area contributed by atoms with Gasteiger partial charge < -0.3 is 9.52 Å². The van der Waals surface area contributed by atoms with E-state index in [9.17, 15) is 9.59 Å². The van der Waals surface area contributed by atoms with E-state index in [0.717, 1.165) is 0 Å². The number of amides is 1. The molecule has 1 aliphatic rings. The monoisotopic (exact) mass is 211 g/mol. The Balaban J connectivity index is 1.92. The summed E-state index contributed by atoms with van der Waals surface area (Å²) in [5.74, 6) is -2.04. The van der Waals surface area contributed by atoms with Crippen LogP contribution in [0.1, 0.15) is 12.3 Å². The van der Waals surface area contributed by atoms with Gasteiger partial charge in [-0.25, -0.2) is 0 Å². The summed E-state index contributed by atoms with van der Waals surface area (Å²) >= 11 is 0. The van der Waals surface area contributed by atoms with E-state index < -0.39 is 17.8 Å². The lowest BCUT2D eigenvalue weighted by Gasteiger charge is -1.96. The molecule has 1 aliphatic carbocycles. The Kier molecular flexibility index (Phi) is 2.14. The molecule has 80 valence electrons. The van der Waals surface area contributed by atoms with Crippen molar-refractivity contribution >= 4 is 17.9 Å². The fourth-order valence-corrected chi connectivity index (χ4v) is 1.30. The summed E-state index contributed by atoms with van der Waals surface area (Å²) in [7, 11) is 0. The zero-order chi connectivity index (χ0) is 11.0. The molecule has 0 aromatic carbocycles. The molecule has 0 bridgehead atoms. The highest BCUT2D eigenvalue weighted by molar-refractivity contribution is 5.96. The quantitative estimate of drug-likeness (QED) is 0.731. The van der Waals surface area contributed by atoms with E-state index in [1.807, 2.05) is 0 Å². The molecule has 0 aliphatic heterocycles. The van der Waals surface area contributed by atoms with E-state index in [1.165, 1.54) is 0 Å². The minimum atomic E-state index is -0.947. The largest absolute Gasteiger partial charge is 0.481 e. The van der Waals surface area contributed by atoms with Gasteiger partial charge in [-0.3, -0.25) is 14.9 Å². The number of carbonyl (C=O) groups is 2. The van der Waals surface area contributed by atoms with Crippen molar-refractivity contribution in [2.24, 2.45) is 11.8 Å². The molecule has 0 radical (unpaired) electrons. The Morgan fingerprint density at radius 1 is 1.47 bits per heavy atom. The molecular weight excluding hydrogens is 202 g/mol. The lowest BCUT2D eigenvalue weighted by Crippen LogP contribution is -2.16. The van der Waals surface area contributed by atoms with Crippen molar-refractivity contribution in [2.75, 3.05) is 5.32 Å². The van der Waals surface area contributed by atoms with Crippen LogP contribution >= 0.6 is 0 Å². The molecule has 1 aromatic rings. The number of nitrogens with one attached hydrogen (secondary N) is 1. The first kappa shape index (κ1) is 9.63. The van der Waals surface area contributed by atoms with Crippen LogP contribution in [0.5, 0.6) is 0 Å². The van der Waals surface area contributed by atoms with Gasteiger partial charge in [0.25, 0.3) is 0 Å². The number of rotatable bonds is 3. The molecule has 0 saturated heterocycles. The second kappa shape index (κ2) is 3.34. The van der Waals surface area contributed by atoms with Gasteiger partial charge >= 0.3 is 12.0 Å². The Morgan fingerprint density at radius 3 is 2.67 bits per heavy atom. The first-order valence-electron chi connectivity index (χ1n) is 4.41. The van der Waals surface area contributed by atoms with Crippen molar-refractivity contribution in [2.45, 2.75) is 13.3 Å². The zero-order valence-electron chi connectivity index (χ0n) is 7.93. The number of carboxylic acid groups (broad SMARTS) is 1. The molecule has 1 fully saturated rings. The SMILES string of the molecule is Cc1nnc(NC(=O)C2CC2C(=O)O)o1. The highest BCUT2D eigenvalue weighted by Crippen LogP contribution is 2.39. The predicted octanol–water partition coefficient (Wildman–Crippen LogP) is 0.0372. The summed E-state index contributed by atoms with van der Waals surface area (Å²) in [5.41, 5.74) is 0. The molecule has 15 heavy (non-hydrogen) atoms. The molecule has 2 rings (SSSR count). The third-order valence-corrected chi connectivity index (χ3v) is 2.20. The maximum atomic E-state index is 11.4. The zero-order valence-corrected chi connectivity index (χ0v) is 7.93. The van der Waals surface area contributed by atoms with Crippen LogP contribution in [0.2, 0.25) is 0 Å². The number of aliphatic carboxylic acids is 1. The summed E-state index contributed by atoms with van der Waals surface area (Å²) in [6, 6.07) is 0.00791. The van der Waals surface area contributed by atoms with Crippen LogP contribution in [0, 0.1) is 18.8 Å². The van der Waals surface area contributed by atoms with Gasteiger partial charge in [0.05, 0.1) is 11.8 Å². The summed E-state index contributed by atoms with van der Waals surface area (Å²) < 4.78 is 4.93. The number of nitrogens with zero attached hydrogens (tertiary/aromatic N) is 2. The second-order valence-electron chi connectivity index (χ2n) is 3.40. The Morgan fingerprint density at radius 2 is 2.20 bits per heavy atom. The smallest absolute Gasteiger partial charge is 0.322 e. The number of carboxylic acids is 1. The van der Waals surface area contributed by atoms with Gasteiger partial charge in [0, 0.05) is 6.92 Å². The lowest BCUT2D eigenvalue weighted by molar-refractivity contribution is -0.139.